The highest BCUT2D eigenvalue weighted by Crippen LogP contribution is 2.31. The summed E-state index contributed by atoms with van der Waals surface area (Å²) in [5, 5.41) is 3.42. The number of halogens is 1. The largest absolute Gasteiger partial charge is 0.493 e. The molecule has 1 aliphatic heterocycles. The number of rotatable bonds is 11. The SMILES string of the molecule is COCCCOc1cc(OCC2CC2)cc(C(=O)N(C(C)C)[C@@H]2CCCNC2)c1.Cl. The van der Waals surface area contributed by atoms with Crippen LogP contribution in [0, 0.1) is 5.92 Å². The molecule has 1 heterocycles. The predicted molar refractivity (Wildman–Crippen MR) is 121 cm³/mol. The van der Waals surface area contributed by atoms with E-state index in [1.165, 1.54) is 12.8 Å². The van der Waals surface area contributed by atoms with Crippen LogP contribution in [0.25, 0.3) is 0 Å². The van der Waals surface area contributed by atoms with E-state index in [4.69, 9.17) is 14.2 Å². The highest BCUT2D eigenvalue weighted by atomic mass is 35.5. The zero-order valence-corrected chi connectivity index (χ0v) is 19.3. The number of carbonyl (C=O) groups is 1. The highest BCUT2D eigenvalue weighted by Gasteiger charge is 2.29. The molecule has 1 aliphatic carbocycles. The second kappa shape index (κ2) is 12.4. The van der Waals surface area contributed by atoms with E-state index in [0.717, 1.165) is 38.1 Å². The zero-order valence-electron chi connectivity index (χ0n) is 18.5. The van der Waals surface area contributed by atoms with Crippen molar-refractivity contribution in [3.63, 3.8) is 0 Å². The standard InChI is InChI=1S/C23H36N2O4.ClH/c1-17(2)25(20-6-4-9-24-15-20)23(26)19-12-21(28-11-5-10-27-3)14-22(13-19)29-16-18-7-8-18;/h12-14,17-18,20,24H,4-11,15-16H2,1-3H3;1H/t20-;/m1./s1. The molecule has 30 heavy (non-hydrogen) atoms. The summed E-state index contributed by atoms with van der Waals surface area (Å²) in [4.78, 5) is 15.5. The third kappa shape index (κ3) is 7.33. The molecule has 6 nitrogen and oxygen atoms in total. The van der Waals surface area contributed by atoms with Gasteiger partial charge in [-0.2, -0.15) is 0 Å². The first kappa shape index (κ1) is 24.8. The maximum absolute atomic E-state index is 13.5. The Morgan fingerprint density at radius 3 is 2.47 bits per heavy atom. The van der Waals surface area contributed by atoms with Crippen molar-refractivity contribution < 1.29 is 19.0 Å². The Morgan fingerprint density at radius 1 is 1.13 bits per heavy atom. The molecular formula is C23H37ClN2O4. The number of methoxy groups -OCH3 is 1. The molecule has 1 N–H and O–H groups in total. The normalized spacial score (nSPS) is 18.6. The van der Waals surface area contributed by atoms with E-state index in [1.807, 2.05) is 23.1 Å². The molecule has 3 rings (SSSR count). The lowest BCUT2D eigenvalue weighted by atomic mass is 10.0. The van der Waals surface area contributed by atoms with Crippen LogP contribution in [0.3, 0.4) is 0 Å². The zero-order chi connectivity index (χ0) is 20.6. The number of carbonyl (C=O) groups excluding carboxylic acids is 1. The molecule has 1 amide bonds. The van der Waals surface area contributed by atoms with Gasteiger partial charge < -0.3 is 24.4 Å². The molecule has 1 atom stereocenters. The van der Waals surface area contributed by atoms with E-state index in [9.17, 15) is 4.79 Å². The summed E-state index contributed by atoms with van der Waals surface area (Å²) in [6.45, 7) is 7.96. The van der Waals surface area contributed by atoms with Gasteiger partial charge in [-0.05, 0) is 64.1 Å². The van der Waals surface area contributed by atoms with Crippen LogP contribution in [0.2, 0.25) is 0 Å². The molecule has 0 aromatic heterocycles. The summed E-state index contributed by atoms with van der Waals surface area (Å²) in [5.41, 5.74) is 0.638. The average molecular weight is 441 g/mol. The van der Waals surface area contributed by atoms with Gasteiger partial charge in [0, 0.05) is 50.4 Å². The van der Waals surface area contributed by atoms with Crippen LogP contribution in [0.15, 0.2) is 18.2 Å². The number of benzene rings is 1. The van der Waals surface area contributed by atoms with Gasteiger partial charge in [-0.1, -0.05) is 0 Å². The van der Waals surface area contributed by atoms with E-state index in [-0.39, 0.29) is 30.4 Å². The number of nitrogens with one attached hydrogen (secondary N) is 1. The smallest absolute Gasteiger partial charge is 0.254 e. The molecule has 2 fully saturated rings. The number of hydrogen-bond donors (Lipinski definition) is 1. The minimum absolute atomic E-state index is 0. The monoisotopic (exact) mass is 440 g/mol. The van der Waals surface area contributed by atoms with E-state index in [1.54, 1.807) is 7.11 Å². The van der Waals surface area contributed by atoms with Gasteiger partial charge in [-0.15, -0.1) is 12.4 Å². The Hall–Kier alpha value is -1.50. The number of ether oxygens (including phenoxy) is 3. The summed E-state index contributed by atoms with van der Waals surface area (Å²) in [6.07, 6.45) is 5.40. The first-order valence-electron chi connectivity index (χ1n) is 11.0. The quantitative estimate of drug-likeness (QED) is 0.528. The van der Waals surface area contributed by atoms with Crippen LogP contribution in [0.1, 0.15) is 56.3 Å². The van der Waals surface area contributed by atoms with Gasteiger partial charge in [0.15, 0.2) is 0 Å². The molecule has 1 aromatic rings. The maximum atomic E-state index is 13.5. The minimum atomic E-state index is 0. The van der Waals surface area contributed by atoms with Crippen molar-refractivity contribution in [2.45, 2.75) is 58.0 Å². The fourth-order valence-corrected chi connectivity index (χ4v) is 3.80. The van der Waals surface area contributed by atoms with Gasteiger partial charge in [-0.25, -0.2) is 0 Å². The van der Waals surface area contributed by atoms with E-state index in [0.29, 0.717) is 37.1 Å². The third-order valence-electron chi connectivity index (χ3n) is 5.53. The van der Waals surface area contributed by atoms with Crippen LogP contribution >= 0.6 is 12.4 Å². The number of piperidine rings is 1. The lowest BCUT2D eigenvalue weighted by Crippen LogP contribution is -2.51. The average Bonchev–Trinajstić information content (AvgIpc) is 3.55. The van der Waals surface area contributed by atoms with Crippen molar-refractivity contribution in [2.24, 2.45) is 5.92 Å². The van der Waals surface area contributed by atoms with Gasteiger partial charge >= 0.3 is 0 Å². The van der Waals surface area contributed by atoms with E-state index >= 15 is 0 Å². The van der Waals surface area contributed by atoms with Gasteiger partial charge in [0.2, 0.25) is 0 Å². The number of hydrogen-bond acceptors (Lipinski definition) is 5. The lowest BCUT2D eigenvalue weighted by Gasteiger charge is -2.37. The molecule has 0 spiro atoms. The second-order valence-electron chi connectivity index (χ2n) is 8.45. The summed E-state index contributed by atoms with van der Waals surface area (Å²) in [5.74, 6) is 2.10. The molecule has 1 saturated heterocycles. The molecule has 170 valence electrons. The summed E-state index contributed by atoms with van der Waals surface area (Å²) in [6, 6.07) is 5.98. The Morgan fingerprint density at radius 2 is 1.87 bits per heavy atom. The Bertz CT molecular complexity index is 661. The molecule has 0 radical (unpaired) electrons. The van der Waals surface area contributed by atoms with Gasteiger partial charge in [0.05, 0.1) is 13.2 Å². The summed E-state index contributed by atoms with van der Waals surface area (Å²) in [7, 11) is 1.68. The molecular weight excluding hydrogens is 404 g/mol. The van der Waals surface area contributed by atoms with Crippen molar-refractivity contribution in [3.8, 4) is 11.5 Å². The van der Waals surface area contributed by atoms with Crippen molar-refractivity contribution in [3.05, 3.63) is 23.8 Å². The number of amides is 1. The van der Waals surface area contributed by atoms with E-state index < -0.39 is 0 Å². The van der Waals surface area contributed by atoms with Crippen LogP contribution in [0.4, 0.5) is 0 Å². The second-order valence-corrected chi connectivity index (χ2v) is 8.45. The fourth-order valence-electron chi connectivity index (χ4n) is 3.80. The molecule has 1 aromatic carbocycles. The number of nitrogens with zero attached hydrogens (tertiary/aromatic N) is 1. The molecule has 0 unspecified atom stereocenters. The van der Waals surface area contributed by atoms with Gasteiger partial charge in [-0.3, -0.25) is 4.79 Å². The van der Waals surface area contributed by atoms with Crippen molar-refractivity contribution in [2.75, 3.05) is 40.0 Å². The molecule has 7 heteroatoms. The maximum Gasteiger partial charge on any atom is 0.254 e. The third-order valence-corrected chi connectivity index (χ3v) is 5.53. The Kier molecular flexibility index (Phi) is 10.2. The Labute approximate surface area is 187 Å². The van der Waals surface area contributed by atoms with Gasteiger partial charge in [0.25, 0.3) is 5.91 Å². The lowest BCUT2D eigenvalue weighted by molar-refractivity contribution is 0.0572. The van der Waals surface area contributed by atoms with Crippen LogP contribution < -0.4 is 14.8 Å². The summed E-state index contributed by atoms with van der Waals surface area (Å²) >= 11 is 0. The molecule has 1 saturated carbocycles. The Balaban J connectivity index is 0.00000320. The first-order chi connectivity index (χ1) is 14.1. The summed E-state index contributed by atoms with van der Waals surface area (Å²) < 4.78 is 17.0. The van der Waals surface area contributed by atoms with Crippen LogP contribution in [-0.4, -0.2) is 62.9 Å². The predicted octanol–water partition coefficient (Wildman–Crippen LogP) is 3.92. The van der Waals surface area contributed by atoms with Crippen LogP contribution in [0.5, 0.6) is 11.5 Å². The molecule has 0 bridgehead atoms. The van der Waals surface area contributed by atoms with Crippen molar-refractivity contribution in [1.29, 1.82) is 0 Å². The fraction of sp³-hybridized carbons (Fsp3) is 0.696. The topological polar surface area (TPSA) is 60.0 Å². The minimum Gasteiger partial charge on any atom is -0.493 e. The van der Waals surface area contributed by atoms with Crippen molar-refractivity contribution >= 4 is 18.3 Å². The van der Waals surface area contributed by atoms with Gasteiger partial charge in [0.1, 0.15) is 11.5 Å². The molecule has 2 aliphatic rings. The van der Waals surface area contributed by atoms with Crippen molar-refractivity contribution in [1.82, 2.24) is 10.2 Å². The van der Waals surface area contributed by atoms with E-state index in [2.05, 4.69) is 19.2 Å². The van der Waals surface area contributed by atoms with Crippen LogP contribution in [-0.2, 0) is 4.74 Å². The first-order valence-corrected chi connectivity index (χ1v) is 11.0. The highest BCUT2D eigenvalue weighted by molar-refractivity contribution is 5.95.